The molecular weight excluding hydrogens is 462 g/mol. The average molecular weight is 477 g/mol. The van der Waals surface area contributed by atoms with Gasteiger partial charge in [0.2, 0.25) is 23.6 Å². The highest BCUT2D eigenvalue weighted by molar-refractivity contribution is 7.84. The zero-order valence-electron chi connectivity index (χ0n) is 14.3. The number of guanidine groups is 2. The second-order valence-corrected chi connectivity index (χ2v) is 8.44. The predicted octanol–water partition coefficient (Wildman–Crippen LogP) is -5.35. The van der Waals surface area contributed by atoms with Crippen molar-refractivity contribution >= 4 is 38.7 Å². The molecule has 0 aromatic rings. The maximum absolute atomic E-state index is 11.7. The van der Waals surface area contributed by atoms with Crippen molar-refractivity contribution in [3.8, 4) is 0 Å². The number of rotatable bonds is 4. The fourth-order valence-corrected chi connectivity index (χ4v) is 4.21. The van der Waals surface area contributed by atoms with Crippen LogP contribution in [0, 0.1) is 5.41 Å². The lowest BCUT2D eigenvalue weighted by Gasteiger charge is -2.52. The van der Waals surface area contributed by atoms with Crippen LogP contribution < -0.4 is 15.8 Å². The Labute approximate surface area is 167 Å². The van der Waals surface area contributed by atoms with Crippen LogP contribution in [-0.4, -0.2) is 106 Å². The number of aliphatic hydroxyl groups is 2. The van der Waals surface area contributed by atoms with Crippen molar-refractivity contribution in [2.75, 3.05) is 6.54 Å². The van der Waals surface area contributed by atoms with Gasteiger partial charge in [0.05, 0.1) is 6.54 Å². The highest BCUT2D eigenvalue weighted by Gasteiger charge is 2.76. The number of hydrogen-bond donors (Lipinski definition) is 9. The number of amides is 1. The lowest BCUT2D eigenvalue weighted by atomic mass is 9.88. The van der Waals surface area contributed by atoms with Crippen LogP contribution in [0.1, 0.15) is 0 Å². The molecule has 3 aliphatic heterocycles. The van der Waals surface area contributed by atoms with Crippen molar-refractivity contribution in [3.05, 3.63) is 0 Å². The standard InChI is InChI=1S/C9H15N7O12S2/c10-5-12-3-4(27-7(17)14-29(21,22)23)16(20)6(11)15-1-2(28-30(24,25)26)9(18,19)8(3,15)13-5/h2-4,11,18-20H,1H2,(H,14,17)(H3,10,12,13)(H,21,22,23)(H,24,25,26)/t2-,3-,4+,8?/m0/s1. The molecule has 3 heterocycles. The van der Waals surface area contributed by atoms with Crippen molar-refractivity contribution in [1.82, 2.24) is 20.0 Å². The monoisotopic (exact) mass is 477 g/mol. The van der Waals surface area contributed by atoms with Crippen LogP contribution in [0.4, 0.5) is 4.79 Å². The van der Waals surface area contributed by atoms with E-state index in [9.17, 15) is 37.1 Å². The van der Waals surface area contributed by atoms with E-state index in [4.69, 9.17) is 20.2 Å². The van der Waals surface area contributed by atoms with E-state index in [1.807, 2.05) is 0 Å². The third kappa shape index (κ3) is 3.35. The second kappa shape index (κ2) is 6.48. The Morgan fingerprint density at radius 2 is 1.93 bits per heavy atom. The van der Waals surface area contributed by atoms with E-state index in [0.29, 0.717) is 4.90 Å². The highest BCUT2D eigenvalue weighted by Crippen LogP contribution is 2.47. The summed E-state index contributed by atoms with van der Waals surface area (Å²) in [5.41, 5.74) is 3.06. The summed E-state index contributed by atoms with van der Waals surface area (Å²) in [4.78, 5) is 16.1. The summed E-state index contributed by atoms with van der Waals surface area (Å²) in [5.74, 6) is -4.88. The molecule has 10 N–H and O–H groups in total. The third-order valence-electron chi connectivity index (χ3n) is 4.47. The van der Waals surface area contributed by atoms with E-state index >= 15 is 0 Å². The fraction of sp³-hybridized carbons (Fsp3) is 0.667. The smallest absolute Gasteiger partial charge is 0.420 e. The summed E-state index contributed by atoms with van der Waals surface area (Å²) in [6, 6.07) is -1.84. The first-order valence-corrected chi connectivity index (χ1v) is 10.3. The number of ether oxygens (including phenoxy) is 1. The maximum Gasteiger partial charge on any atom is 0.424 e. The predicted molar refractivity (Wildman–Crippen MR) is 87.9 cm³/mol. The molecule has 3 rings (SSSR count). The normalized spacial score (nSPS) is 32.8. The van der Waals surface area contributed by atoms with Gasteiger partial charge in [-0.05, 0) is 0 Å². The molecule has 4 atom stereocenters. The molecule has 3 aliphatic rings. The highest BCUT2D eigenvalue weighted by atomic mass is 32.3. The van der Waals surface area contributed by atoms with Crippen LogP contribution in [0.15, 0.2) is 4.99 Å². The number of hydroxylamine groups is 2. The van der Waals surface area contributed by atoms with Gasteiger partial charge in [-0.25, -0.2) is 14.0 Å². The van der Waals surface area contributed by atoms with Crippen LogP contribution in [0.3, 0.4) is 0 Å². The zero-order chi connectivity index (χ0) is 22.9. The van der Waals surface area contributed by atoms with Gasteiger partial charge < -0.3 is 30.9 Å². The molecule has 19 nitrogen and oxygen atoms in total. The van der Waals surface area contributed by atoms with E-state index < -0.39 is 75.1 Å². The summed E-state index contributed by atoms with van der Waals surface area (Å²) in [6.45, 7) is -0.834. The Morgan fingerprint density at radius 3 is 2.47 bits per heavy atom. The number of carbonyl (C=O) groups excluding carboxylic acids is 1. The van der Waals surface area contributed by atoms with Gasteiger partial charge >= 0.3 is 26.8 Å². The molecule has 1 amide bonds. The molecule has 0 aromatic carbocycles. The first kappa shape index (κ1) is 22.2. The molecule has 21 heteroatoms. The van der Waals surface area contributed by atoms with E-state index in [2.05, 4.69) is 19.2 Å². The molecule has 2 saturated heterocycles. The van der Waals surface area contributed by atoms with Crippen LogP contribution in [0.2, 0.25) is 0 Å². The van der Waals surface area contributed by atoms with E-state index in [1.54, 1.807) is 0 Å². The number of aliphatic imine (C=N–C) groups is 1. The number of nitrogens with one attached hydrogen (secondary N) is 3. The maximum atomic E-state index is 11.7. The van der Waals surface area contributed by atoms with Gasteiger partial charge in [-0.3, -0.25) is 19.7 Å². The third-order valence-corrected chi connectivity index (χ3v) is 5.37. The molecule has 0 saturated carbocycles. The SMILES string of the molecule is N=C1N(O)[C@H](OC(=O)NS(=O)(=O)O)[C@@H]2N=C(N)NC23N1C[C@H](OS(=O)(=O)O)C3(O)O. The first-order chi connectivity index (χ1) is 13.5. The Morgan fingerprint density at radius 1 is 1.33 bits per heavy atom. The summed E-state index contributed by atoms with van der Waals surface area (Å²) in [5, 5.41) is 41.7. The summed E-state index contributed by atoms with van der Waals surface area (Å²) < 4.78 is 71.0. The number of nitrogens with two attached hydrogens (primary N) is 1. The van der Waals surface area contributed by atoms with E-state index in [-0.39, 0.29) is 5.06 Å². The molecule has 1 unspecified atom stereocenters. The minimum absolute atomic E-state index is 0.0812. The molecular formula is C9H15N7O12S2. The Balaban J connectivity index is 2.05. The van der Waals surface area contributed by atoms with Gasteiger partial charge in [0.1, 0.15) is 0 Å². The number of nitrogens with zero attached hydrogens (tertiary/aromatic N) is 3. The molecule has 0 aliphatic carbocycles. The van der Waals surface area contributed by atoms with Crippen molar-refractivity contribution in [3.63, 3.8) is 0 Å². The minimum atomic E-state index is -5.23. The van der Waals surface area contributed by atoms with Crippen LogP contribution in [0.25, 0.3) is 0 Å². The van der Waals surface area contributed by atoms with Gasteiger partial charge in [0.25, 0.3) is 0 Å². The van der Waals surface area contributed by atoms with Gasteiger partial charge in [0, 0.05) is 0 Å². The molecule has 0 aromatic heterocycles. The van der Waals surface area contributed by atoms with Crippen molar-refractivity contribution in [2.24, 2.45) is 10.7 Å². The van der Waals surface area contributed by atoms with Gasteiger partial charge in [0.15, 0.2) is 18.1 Å². The lowest BCUT2D eigenvalue weighted by molar-refractivity contribution is -0.278. The van der Waals surface area contributed by atoms with E-state index in [1.165, 1.54) is 0 Å². The van der Waals surface area contributed by atoms with Crippen molar-refractivity contribution < 1.29 is 55.1 Å². The fourth-order valence-electron chi connectivity index (χ4n) is 3.46. The molecule has 0 bridgehead atoms. The van der Waals surface area contributed by atoms with Crippen molar-refractivity contribution in [2.45, 2.75) is 29.8 Å². The summed E-state index contributed by atoms with van der Waals surface area (Å²) in [6.07, 6.45) is -6.17. The van der Waals surface area contributed by atoms with Crippen LogP contribution in [-0.2, 0) is 29.6 Å². The lowest BCUT2D eigenvalue weighted by Crippen LogP contribution is -2.80. The van der Waals surface area contributed by atoms with Crippen LogP contribution in [0.5, 0.6) is 0 Å². The molecule has 1 spiro atoms. The second-order valence-electron chi connectivity index (χ2n) is 6.24. The minimum Gasteiger partial charge on any atom is -0.420 e. The Kier molecular flexibility index (Phi) is 4.79. The van der Waals surface area contributed by atoms with Crippen LogP contribution >= 0.6 is 0 Å². The van der Waals surface area contributed by atoms with Gasteiger partial charge in [-0.1, -0.05) is 0 Å². The summed E-state index contributed by atoms with van der Waals surface area (Å²) in [7, 11) is -10.3. The molecule has 170 valence electrons. The summed E-state index contributed by atoms with van der Waals surface area (Å²) >= 11 is 0. The zero-order valence-corrected chi connectivity index (χ0v) is 15.9. The van der Waals surface area contributed by atoms with Crippen molar-refractivity contribution in [1.29, 1.82) is 5.41 Å². The molecule has 2 fully saturated rings. The number of hydrogen-bond acceptors (Lipinski definition) is 14. The Hall–Kier alpha value is -2.53. The first-order valence-electron chi connectivity index (χ1n) is 7.51. The number of carbonyl (C=O) groups is 1. The Bertz CT molecular complexity index is 1030. The topological polar surface area (TPSA) is 298 Å². The molecule has 30 heavy (non-hydrogen) atoms. The van der Waals surface area contributed by atoms with Gasteiger partial charge in [-0.15, -0.1) is 0 Å². The largest absolute Gasteiger partial charge is 0.424 e. The van der Waals surface area contributed by atoms with E-state index in [0.717, 1.165) is 4.72 Å². The molecule has 0 radical (unpaired) electrons. The quantitative estimate of drug-likeness (QED) is 0.135. The average Bonchev–Trinajstić information content (AvgIpc) is 2.99. The van der Waals surface area contributed by atoms with Gasteiger partial charge in [-0.2, -0.15) is 26.6 Å².